The summed E-state index contributed by atoms with van der Waals surface area (Å²) in [5, 5.41) is 25.8. The first-order chi connectivity index (χ1) is 7.79. The quantitative estimate of drug-likeness (QED) is 0.277. The molecular weight excluding hydrogens is 234 g/mol. The van der Waals surface area contributed by atoms with Gasteiger partial charge in [0, 0.05) is 13.0 Å². The molecule has 0 aromatic carbocycles. The smallest absolute Gasteiger partial charge is 0.333 e. The molecule has 0 fully saturated rings. The Morgan fingerprint density at radius 2 is 1.53 bits per heavy atom. The maximum absolute atomic E-state index is 11.2. The Kier molecular flexibility index (Phi) is 3.99. The van der Waals surface area contributed by atoms with E-state index in [4.69, 9.17) is 15.3 Å². The Morgan fingerprint density at radius 3 is 2.00 bits per heavy atom. The molecule has 0 saturated carbocycles. The largest absolute Gasteiger partial charge is 0.344 e. The minimum Gasteiger partial charge on any atom is -0.344 e. The van der Waals surface area contributed by atoms with Crippen molar-refractivity contribution in [1.82, 2.24) is 14.5 Å². The van der Waals surface area contributed by atoms with E-state index in [-0.39, 0.29) is 25.8 Å². The summed E-state index contributed by atoms with van der Waals surface area (Å²) < 4.78 is 0.773. The third-order valence-electron chi connectivity index (χ3n) is 2.08. The molecule has 0 amide bonds. The minimum atomic E-state index is -2.75. The molecule has 0 aliphatic heterocycles. The highest BCUT2D eigenvalue weighted by molar-refractivity contribution is 4.69. The SMILES string of the molecule is O=c1[nH]c(=O)n(CCCCC(O)(O)O)c(=O)[nH]1. The van der Waals surface area contributed by atoms with Gasteiger partial charge in [0.25, 0.3) is 5.97 Å². The first-order valence-electron chi connectivity index (χ1n) is 4.90. The van der Waals surface area contributed by atoms with Crippen molar-refractivity contribution in [2.24, 2.45) is 0 Å². The third kappa shape index (κ3) is 4.34. The van der Waals surface area contributed by atoms with Gasteiger partial charge in [-0.05, 0) is 12.8 Å². The Labute approximate surface area is 94.0 Å². The van der Waals surface area contributed by atoms with Crippen LogP contribution in [0.15, 0.2) is 14.4 Å². The molecule has 0 radical (unpaired) electrons. The highest BCUT2D eigenvalue weighted by Crippen LogP contribution is 2.06. The van der Waals surface area contributed by atoms with Crippen LogP contribution in [0, 0.1) is 0 Å². The molecule has 17 heavy (non-hydrogen) atoms. The molecule has 0 spiro atoms. The maximum Gasteiger partial charge on any atom is 0.333 e. The van der Waals surface area contributed by atoms with Gasteiger partial charge in [-0.1, -0.05) is 0 Å². The van der Waals surface area contributed by atoms with Crippen LogP contribution in [0.1, 0.15) is 19.3 Å². The van der Waals surface area contributed by atoms with Crippen LogP contribution in [0.2, 0.25) is 0 Å². The molecule has 96 valence electrons. The molecule has 1 heterocycles. The molecule has 0 atom stereocenters. The zero-order chi connectivity index (χ0) is 13.1. The van der Waals surface area contributed by atoms with Crippen molar-refractivity contribution in [3.8, 4) is 0 Å². The molecule has 0 saturated heterocycles. The van der Waals surface area contributed by atoms with Gasteiger partial charge in [-0.15, -0.1) is 0 Å². The number of hydrogen-bond donors (Lipinski definition) is 5. The number of nitrogens with zero attached hydrogens (tertiary/aromatic N) is 1. The van der Waals surface area contributed by atoms with Crippen LogP contribution in [-0.2, 0) is 6.54 Å². The van der Waals surface area contributed by atoms with Gasteiger partial charge >= 0.3 is 17.1 Å². The fraction of sp³-hybridized carbons (Fsp3) is 0.625. The normalized spacial score (nSPS) is 11.7. The van der Waals surface area contributed by atoms with Gasteiger partial charge in [-0.3, -0.25) is 9.97 Å². The van der Waals surface area contributed by atoms with E-state index in [0.717, 1.165) is 4.57 Å². The summed E-state index contributed by atoms with van der Waals surface area (Å²) in [6.45, 7) is 0.00102. The molecule has 9 heteroatoms. The summed E-state index contributed by atoms with van der Waals surface area (Å²) in [6.07, 6.45) is 0.149. The zero-order valence-electron chi connectivity index (χ0n) is 8.84. The summed E-state index contributed by atoms with van der Waals surface area (Å²) in [4.78, 5) is 36.9. The third-order valence-corrected chi connectivity index (χ3v) is 2.08. The van der Waals surface area contributed by atoms with Gasteiger partial charge in [-0.2, -0.15) is 0 Å². The Balaban J connectivity index is 2.62. The number of rotatable bonds is 5. The molecule has 1 rings (SSSR count). The lowest BCUT2D eigenvalue weighted by molar-refractivity contribution is -0.315. The number of aromatic nitrogens is 3. The van der Waals surface area contributed by atoms with Crippen molar-refractivity contribution in [3.05, 3.63) is 31.5 Å². The van der Waals surface area contributed by atoms with Crippen LogP contribution >= 0.6 is 0 Å². The van der Waals surface area contributed by atoms with Gasteiger partial charge in [-0.25, -0.2) is 19.0 Å². The number of aromatic amines is 2. The van der Waals surface area contributed by atoms with E-state index in [9.17, 15) is 14.4 Å². The minimum absolute atomic E-state index is 0.00102. The van der Waals surface area contributed by atoms with Crippen molar-refractivity contribution < 1.29 is 15.3 Å². The van der Waals surface area contributed by atoms with Gasteiger partial charge < -0.3 is 15.3 Å². The first-order valence-corrected chi connectivity index (χ1v) is 4.90. The molecule has 0 unspecified atom stereocenters. The number of aliphatic hydroxyl groups is 3. The van der Waals surface area contributed by atoms with Crippen LogP contribution in [-0.4, -0.2) is 35.8 Å². The average molecular weight is 247 g/mol. The van der Waals surface area contributed by atoms with E-state index in [1.54, 1.807) is 0 Å². The molecule has 5 N–H and O–H groups in total. The predicted octanol–water partition coefficient (Wildman–Crippen LogP) is -2.97. The van der Waals surface area contributed by atoms with Crippen molar-refractivity contribution in [1.29, 1.82) is 0 Å². The second-order valence-electron chi connectivity index (χ2n) is 3.57. The summed E-state index contributed by atoms with van der Waals surface area (Å²) in [5.74, 6) is -2.75. The number of unbranched alkanes of at least 4 members (excludes halogenated alkanes) is 1. The number of nitrogens with one attached hydrogen (secondary N) is 2. The second-order valence-corrected chi connectivity index (χ2v) is 3.57. The number of hydrogen-bond acceptors (Lipinski definition) is 6. The van der Waals surface area contributed by atoms with Crippen molar-refractivity contribution in [2.45, 2.75) is 31.8 Å². The lowest BCUT2D eigenvalue weighted by Gasteiger charge is -2.13. The van der Waals surface area contributed by atoms with E-state index in [1.807, 2.05) is 9.97 Å². The topological polar surface area (TPSA) is 148 Å². The lowest BCUT2D eigenvalue weighted by Crippen LogP contribution is -2.43. The van der Waals surface area contributed by atoms with Crippen LogP contribution in [0.5, 0.6) is 0 Å². The van der Waals surface area contributed by atoms with Crippen LogP contribution < -0.4 is 17.1 Å². The monoisotopic (exact) mass is 247 g/mol. The van der Waals surface area contributed by atoms with Gasteiger partial charge in [0.05, 0.1) is 0 Å². The fourth-order valence-corrected chi connectivity index (χ4v) is 1.29. The van der Waals surface area contributed by atoms with Crippen molar-refractivity contribution >= 4 is 0 Å². The summed E-state index contributed by atoms with van der Waals surface area (Å²) in [6, 6.07) is 0. The fourth-order valence-electron chi connectivity index (χ4n) is 1.29. The lowest BCUT2D eigenvalue weighted by atomic mass is 10.2. The molecule has 0 aliphatic rings. The second kappa shape index (κ2) is 5.08. The van der Waals surface area contributed by atoms with E-state index < -0.39 is 23.0 Å². The molecule has 1 aromatic heterocycles. The van der Waals surface area contributed by atoms with Crippen LogP contribution in [0.25, 0.3) is 0 Å². The highest BCUT2D eigenvalue weighted by Gasteiger charge is 2.16. The van der Waals surface area contributed by atoms with Crippen molar-refractivity contribution in [3.63, 3.8) is 0 Å². The molecule has 0 bridgehead atoms. The van der Waals surface area contributed by atoms with Gasteiger partial charge in [0.1, 0.15) is 0 Å². The van der Waals surface area contributed by atoms with E-state index >= 15 is 0 Å². The Hall–Kier alpha value is -1.71. The van der Waals surface area contributed by atoms with E-state index in [1.165, 1.54) is 0 Å². The maximum atomic E-state index is 11.2. The summed E-state index contributed by atoms with van der Waals surface area (Å²) in [7, 11) is 0. The Morgan fingerprint density at radius 1 is 1.00 bits per heavy atom. The summed E-state index contributed by atoms with van der Waals surface area (Å²) in [5.41, 5.74) is -2.54. The Bertz CT molecular complexity index is 499. The zero-order valence-corrected chi connectivity index (χ0v) is 8.84. The standard InChI is InChI=1S/C8H13N3O6/c12-5-9-6(13)11(7(14)10-5)4-2-1-3-8(15,16)17/h15-17H,1-4H2,(H2,9,10,12,13,14). The van der Waals surface area contributed by atoms with Gasteiger partial charge in [0.15, 0.2) is 0 Å². The van der Waals surface area contributed by atoms with Crippen molar-refractivity contribution in [2.75, 3.05) is 0 Å². The van der Waals surface area contributed by atoms with E-state index in [0.29, 0.717) is 0 Å². The first kappa shape index (κ1) is 13.4. The van der Waals surface area contributed by atoms with Crippen LogP contribution in [0.3, 0.4) is 0 Å². The predicted molar refractivity (Wildman–Crippen MR) is 55.2 cm³/mol. The molecule has 0 aliphatic carbocycles. The molecule has 1 aromatic rings. The van der Waals surface area contributed by atoms with Gasteiger partial charge in [0.2, 0.25) is 0 Å². The summed E-state index contributed by atoms with van der Waals surface area (Å²) >= 11 is 0. The van der Waals surface area contributed by atoms with Crippen LogP contribution in [0.4, 0.5) is 0 Å². The van der Waals surface area contributed by atoms with E-state index in [2.05, 4.69) is 0 Å². The highest BCUT2D eigenvalue weighted by atomic mass is 16.7. The average Bonchev–Trinajstić information content (AvgIpc) is 2.13. The number of H-pyrrole nitrogens is 2. The molecular formula is C8H13N3O6. The molecule has 9 nitrogen and oxygen atoms in total.